The fraction of sp³-hybridized carbons (Fsp3) is 0.846. The summed E-state index contributed by atoms with van der Waals surface area (Å²) in [7, 11) is -3.54. The first kappa shape index (κ1) is 14.0. The van der Waals surface area contributed by atoms with Crippen molar-refractivity contribution in [3.8, 4) is 0 Å². The summed E-state index contributed by atoms with van der Waals surface area (Å²) in [6, 6.07) is 0. The number of hydrogen-bond acceptors (Lipinski definition) is 4. The summed E-state index contributed by atoms with van der Waals surface area (Å²) >= 11 is 0. The second-order valence-corrected chi connectivity index (χ2v) is 7.19. The molecule has 1 aliphatic carbocycles. The number of hydrogen-bond donors (Lipinski definition) is 1. The van der Waals surface area contributed by atoms with Crippen LogP contribution in [0.2, 0.25) is 0 Å². The van der Waals surface area contributed by atoms with Gasteiger partial charge in [-0.1, -0.05) is 31.4 Å². The Morgan fingerprint density at radius 2 is 2.22 bits per heavy atom. The molecule has 0 amide bonds. The van der Waals surface area contributed by atoms with Crippen LogP contribution in [0, 0.1) is 5.92 Å². The van der Waals surface area contributed by atoms with Gasteiger partial charge in [-0.2, -0.15) is 8.42 Å². The number of aliphatic hydroxyl groups excluding tert-OH is 1. The lowest BCUT2D eigenvalue weighted by molar-refractivity contribution is 0.100. The molecule has 104 valence electrons. The molecule has 2 aliphatic rings. The van der Waals surface area contributed by atoms with Gasteiger partial charge in [-0.05, 0) is 26.2 Å². The standard InChI is InChI=1S/C13H22O4S/c1-3-4-5-10-7-11-6-9(2)17-18(15,16)13(11)8-12(10)14/h7,9-10,12-14H,3-6,8H2,1-2H3/t9-,10-,12+,13+/m1/s1. The van der Waals surface area contributed by atoms with E-state index in [0.717, 1.165) is 24.8 Å². The first-order valence-corrected chi connectivity index (χ1v) is 8.22. The van der Waals surface area contributed by atoms with E-state index >= 15 is 0 Å². The van der Waals surface area contributed by atoms with Crippen LogP contribution in [0.3, 0.4) is 0 Å². The van der Waals surface area contributed by atoms with Crippen LogP contribution in [0.4, 0.5) is 0 Å². The Morgan fingerprint density at radius 3 is 2.89 bits per heavy atom. The van der Waals surface area contributed by atoms with Gasteiger partial charge in [-0.3, -0.25) is 4.18 Å². The van der Waals surface area contributed by atoms with Gasteiger partial charge in [-0.15, -0.1) is 0 Å². The van der Waals surface area contributed by atoms with Gasteiger partial charge in [0.2, 0.25) is 0 Å². The Hall–Kier alpha value is -0.390. The van der Waals surface area contributed by atoms with Crippen LogP contribution >= 0.6 is 0 Å². The van der Waals surface area contributed by atoms with Gasteiger partial charge in [0.25, 0.3) is 10.1 Å². The van der Waals surface area contributed by atoms with Crippen molar-refractivity contribution in [1.82, 2.24) is 0 Å². The number of aliphatic hydroxyl groups is 1. The van der Waals surface area contributed by atoms with E-state index < -0.39 is 21.5 Å². The number of rotatable bonds is 3. The molecule has 1 heterocycles. The van der Waals surface area contributed by atoms with E-state index in [9.17, 15) is 13.5 Å². The van der Waals surface area contributed by atoms with Crippen molar-refractivity contribution in [2.45, 2.75) is 63.4 Å². The van der Waals surface area contributed by atoms with Gasteiger partial charge >= 0.3 is 0 Å². The highest BCUT2D eigenvalue weighted by Gasteiger charge is 2.42. The van der Waals surface area contributed by atoms with Crippen LogP contribution in [-0.4, -0.2) is 31.0 Å². The second kappa shape index (κ2) is 5.31. The molecular weight excluding hydrogens is 252 g/mol. The first-order chi connectivity index (χ1) is 8.44. The molecule has 1 fully saturated rings. The van der Waals surface area contributed by atoms with Crippen molar-refractivity contribution in [3.63, 3.8) is 0 Å². The van der Waals surface area contributed by atoms with Crippen LogP contribution in [0.5, 0.6) is 0 Å². The molecular formula is C13H22O4S. The zero-order valence-electron chi connectivity index (χ0n) is 11.0. The molecule has 1 saturated heterocycles. The molecule has 0 saturated carbocycles. The molecule has 2 rings (SSSR count). The summed E-state index contributed by atoms with van der Waals surface area (Å²) in [4.78, 5) is 0. The molecule has 0 aromatic heterocycles. The Bertz CT molecular complexity index is 426. The van der Waals surface area contributed by atoms with Crippen LogP contribution < -0.4 is 0 Å². The molecule has 0 bridgehead atoms. The highest BCUT2D eigenvalue weighted by Crippen LogP contribution is 2.37. The molecule has 4 nitrogen and oxygen atoms in total. The van der Waals surface area contributed by atoms with Crippen molar-refractivity contribution in [2.24, 2.45) is 5.92 Å². The fourth-order valence-electron chi connectivity index (χ4n) is 2.92. The van der Waals surface area contributed by atoms with Crippen LogP contribution in [-0.2, 0) is 14.3 Å². The summed E-state index contributed by atoms with van der Waals surface area (Å²) in [6.07, 6.45) is 5.20. The lowest BCUT2D eigenvalue weighted by Gasteiger charge is -2.36. The van der Waals surface area contributed by atoms with Crippen molar-refractivity contribution < 1.29 is 17.7 Å². The molecule has 1 aliphatic heterocycles. The SMILES string of the molecule is CCCC[C@@H]1C=C2C[C@@H](C)OS(=O)(=O)[C@H]2C[C@@H]1O. The maximum absolute atomic E-state index is 11.9. The van der Waals surface area contributed by atoms with E-state index in [1.807, 2.05) is 6.08 Å². The number of fused-ring (bicyclic) bond motifs is 1. The normalized spacial score (nSPS) is 38.9. The minimum Gasteiger partial charge on any atom is -0.392 e. The molecule has 0 unspecified atom stereocenters. The smallest absolute Gasteiger partial charge is 0.274 e. The van der Waals surface area contributed by atoms with E-state index in [2.05, 4.69) is 6.92 Å². The van der Waals surface area contributed by atoms with Crippen molar-refractivity contribution in [3.05, 3.63) is 11.6 Å². The third-order valence-electron chi connectivity index (χ3n) is 3.85. The van der Waals surface area contributed by atoms with Crippen LogP contribution in [0.1, 0.15) is 46.0 Å². The summed E-state index contributed by atoms with van der Waals surface area (Å²) in [5.74, 6) is 0.108. The van der Waals surface area contributed by atoms with E-state index in [4.69, 9.17) is 4.18 Å². The Morgan fingerprint density at radius 1 is 1.50 bits per heavy atom. The molecule has 0 aromatic carbocycles. The Balaban J connectivity index is 2.22. The lowest BCUT2D eigenvalue weighted by Crippen LogP contribution is -2.42. The van der Waals surface area contributed by atoms with Gasteiger partial charge < -0.3 is 5.11 Å². The average Bonchev–Trinajstić information content (AvgIpc) is 2.27. The topological polar surface area (TPSA) is 63.6 Å². The Labute approximate surface area is 109 Å². The second-order valence-electron chi connectivity index (χ2n) is 5.44. The van der Waals surface area contributed by atoms with Crippen LogP contribution in [0.15, 0.2) is 11.6 Å². The van der Waals surface area contributed by atoms with E-state index in [1.54, 1.807) is 6.92 Å². The zero-order valence-corrected chi connectivity index (χ0v) is 11.8. The molecule has 5 heteroatoms. The van der Waals surface area contributed by atoms with E-state index in [0.29, 0.717) is 6.42 Å². The zero-order chi connectivity index (χ0) is 13.3. The van der Waals surface area contributed by atoms with E-state index in [-0.39, 0.29) is 18.4 Å². The quantitative estimate of drug-likeness (QED) is 0.631. The summed E-state index contributed by atoms with van der Waals surface area (Å²) < 4.78 is 28.9. The monoisotopic (exact) mass is 274 g/mol. The predicted molar refractivity (Wildman–Crippen MR) is 69.6 cm³/mol. The molecule has 0 spiro atoms. The van der Waals surface area contributed by atoms with E-state index in [1.165, 1.54) is 0 Å². The van der Waals surface area contributed by atoms with Gasteiger partial charge in [-0.25, -0.2) is 0 Å². The van der Waals surface area contributed by atoms with Gasteiger partial charge in [0.05, 0.1) is 12.2 Å². The van der Waals surface area contributed by atoms with Gasteiger partial charge in [0.15, 0.2) is 0 Å². The largest absolute Gasteiger partial charge is 0.392 e. The van der Waals surface area contributed by atoms with Crippen LogP contribution in [0.25, 0.3) is 0 Å². The molecule has 4 atom stereocenters. The third kappa shape index (κ3) is 2.78. The average molecular weight is 274 g/mol. The first-order valence-electron chi connectivity index (χ1n) is 6.74. The van der Waals surface area contributed by atoms with Crippen molar-refractivity contribution in [1.29, 1.82) is 0 Å². The highest BCUT2D eigenvalue weighted by molar-refractivity contribution is 7.87. The molecule has 0 radical (unpaired) electrons. The maximum atomic E-state index is 11.9. The lowest BCUT2D eigenvalue weighted by atomic mass is 9.83. The van der Waals surface area contributed by atoms with Gasteiger partial charge in [0, 0.05) is 5.92 Å². The third-order valence-corrected chi connectivity index (χ3v) is 5.64. The predicted octanol–water partition coefficient (Wildman–Crippen LogP) is 1.99. The Kier molecular flexibility index (Phi) is 4.14. The molecule has 0 aromatic rings. The van der Waals surface area contributed by atoms with Gasteiger partial charge in [0.1, 0.15) is 5.25 Å². The molecule has 18 heavy (non-hydrogen) atoms. The summed E-state index contributed by atoms with van der Waals surface area (Å²) in [5.41, 5.74) is 0.945. The minimum atomic E-state index is -3.54. The van der Waals surface area contributed by atoms with Crippen molar-refractivity contribution >= 4 is 10.1 Å². The molecule has 1 N–H and O–H groups in total. The van der Waals surface area contributed by atoms with Crippen molar-refractivity contribution in [2.75, 3.05) is 0 Å². The maximum Gasteiger partial charge on any atom is 0.274 e. The fourth-order valence-corrected chi connectivity index (χ4v) is 4.56. The minimum absolute atomic E-state index is 0.108. The number of unbranched alkanes of at least 4 members (excludes halogenated alkanes) is 1. The summed E-state index contributed by atoms with van der Waals surface area (Å²) in [5, 5.41) is 9.44. The highest BCUT2D eigenvalue weighted by atomic mass is 32.2. The summed E-state index contributed by atoms with van der Waals surface area (Å²) in [6.45, 7) is 3.90.